The van der Waals surface area contributed by atoms with Crippen LogP contribution < -0.4 is 0 Å². The molecule has 0 radical (unpaired) electrons. The van der Waals surface area contributed by atoms with Crippen molar-refractivity contribution in [3.05, 3.63) is 11.6 Å². The zero-order valence-corrected chi connectivity index (χ0v) is 21.1. The molecule has 0 bridgehead atoms. The first kappa shape index (κ1) is 22.6. The molecule has 3 nitrogen and oxygen atoms in total. The number of carbonyl (C=O) groups excluding carboxylic acids is 2. The van der Waals surface area contributed by atoms with Crippen LogP contribution in [0.2, 0.25) is 0 Å². The quantitative estimate of drug-likeness (QED) is 0.406. The number of fused-ring (bicyclic) bond motifs is 7. The number of carbonyl (C=O) groups is 2. The van der Waals surface area contributed by atoms with E-state index in [9.17, 15) is 14.9 Å². The number of halogens is 1. The first-order chi connectivity index (χ1) is 14.9. The summed E-state index contributed by atoms with van der Waals surface area (Å²) in [5.74, 6) is 1.72. The molecule has 4 heteroatoms. The number of allylic oxidation sites excluding steroid dienone is 2. The van der Waals surface area contributed by atoms with Crippen molar-refractivity contribution in [3.8, 4) is 6.07 Å². The van der Waals surface area contributed by atoms with E-state index in [1.54, 1.807) is 0 Å². The molecular weight excluding hydrogens is 418 g/mol. The average Bonchev–Trinajstić information content (AvgIpc) is 3.17. The number of rotatable bonds is 1. The summed E-state index contributed by atoms with van der Waals surface area (Å²) in [6.45, 7) is 11.5. The Morgan fingerprint density at radius 1 is 0.938 bits per heavy atom. The third kappa shape index (κ3) is 2.44. The van der Waals surface area contributed by atoms with Gasteiger partial charge in [0.1, 0.15) is 6.07 Å². The zero-order chi connectivity index (χ0) is 23.3. The van der Waals surface area contributed by atoms with Crippen LogP contribution >= 0.6 is 11.6 Å². The predicted octanol–water partition coefficient (Wildman–Crippen LogP) is 6.85. The van der Waals surface area contributed by atoms with Crippen molar-refractivity contribution in [1.29, 1.82) is 5.26 Å². The van der Waals surface area contributed by atoms with E-state index in [2.05, 4.69) is 46.8 Å². The summed E-state index contributed by atoms with van der Waals surface area (Å²) in [5.41, 5.74) is -0.249. The van der Waals surface area contributed by atoms with Crippen molar-refractivity contribution in [3.63, 3.8) is 0 Å². The second-order valence-corrected chi connectivity index (χ2v) is 13.5. The van der Waals surface area contributed by atoms with Crippen LogP contribution in [0, 0.1) is 62.1 Å². The summed E-state index contributed by atoms with van der Waals surface area (Å²) in [7, 11) is 0. The van der Waals surface area contributed by atoms with E-state index in [-0.39, 0.29) is 38.6 Å². The molecule has 0 saturated heterocycles. The van der Waals surface area contributed by atoms with Crippen LogP contribution in [0.4, 0.5) is 0 Å². The molecule has 7 unspecified atom stereocenters. The summed E-state index contributed by atoms with van der Waals surface area (Å²) in [6, 6.07) is 2.25. The van der Waals surface area contributed by atoms with Crippen molar-refractivity contribution >= 4 is 22.6 Å². The predicted molar refractivity (Wildman–Crippen MR) is 126 cm³/mol. The molecule has 0 amide bonds. The first-order valence-electron chi connectivity index (χ1n) is 12.8. The minimum Gasteiger partial charge on any atom is -0.293 e. The van der Waals surface area contributed by atoms with E-state index < -0.39 is 5.41 Å². The Morgan fingerprint density at radius 2 is 1.66 bits per heavy atom. The van der Waals surface area contributed by atoms with Gasteiger partial charge in [-0.25, -0.2) is 0 Å². The van der Waals surface area contributed by atoms with Crippen LogP contribution in [0.25, 0.3) is 0 Å². The molecule has 0 aromatic rings. The fourth-order valence-electron chi connectivity index (χ4n) is 10.5. The third-order valence-corrected chi connectivity index (χ3v) is 12.6. The van der Waals surface area contributed by atoms with E-state index in [0.29, 0.717) is 23.3 Å². The fourth-order valence-corrected chi connectivity index (χ4v) is 10.8. The smallest absolute Gasteiger partial charge is 0.228 e. The Labute approximate surface area is 198 Å². The minimum absolute atomic E-state index is 0.0278. The molecule has 5 rings (SSSR count). The highest BCUT2D eigenvalue weighted by atomic mass is 35.5. The van der Waals surface area contributed by atoms with Gasteiger partial charge in [0.2, 0.25) is 5.24 Å². The molecule has 0 heterocycles. The van der Waals surface area contributed by atoms with Crippen LogP contribution in [0.3, 0.4) is 0 Å². The Kier molecular flexibility index (Phi) is 4.75. The van der Waals surface area contributed by atoms with Gasteiger partial charge in [0.05, 0.1) is 5.57 Å². The Bertz CT molecular complexity index is 961. The molecule has 4 saturated carbocycles. The standard InChI is InChI=1S/C28H38ClNO2/c1-24(2)20-10-12-27(5)21(25(20,3)15-17(16-30)22(24)31)9-8-18-19-7-6-11-28(19,23(29)32)14-13-26(18,27)4/h15,18-21H,6-14H2,1-5H3/t18?,19?,20?,21?,25?,26-,27?,28?/m1/s1. The molecular formula is C28H38ClNO2. The summed E-state index contributed by atoms with van der Waals surface area (Å²) in [4.78, 5) is 25.7. The average molecular weight is 456 g/mol. The second-order valence-electron chi connectivity index (χ2n) is 13.2. The molecule has 32 heavy (non-hydrogen) atoms. The van der Waals surface area contributed by atoms with Crippen LogP contribution in [0.1, 0.15) is 92.4 Å². The maximum absolute atomic E-state index is 13.1. The largest absolute Gasteiger partial charge is 0.293 e. The van der Waals surface area contributed by atoms with E-state index in [0.717, 1.165) is 57.8 Å². The second kappa shape index (κ2) is 6.71. The van der Waals surface area contributed by atoms with Crippen LogP contribution in [-0.4, -0.2) is 11.0 Å². The van der Waals surface area contributed by atoms with E-state index in [1.165, 1.54) is 0 Å². The highest BCUT2D eigenvalue weighted by molar-refractivity contribution is 6.64. The monoisotopic (exact) mass is 455 g/mol. The molecule has 5 aliphatic rings. The molecule has 0 N–H and O–H groups in total. The van der Waals surface area contributed by atoms with E-state index in [1.807, 2.05) is 0 Å². The van der Waals surface area contributed by atoms with E-state index >= 15 is 0 Å². The van der Waals surface area contributed by atoms with Gasteiger partial charge in [-0.3, -0.25) is 9.59 Å². The molecule has 8 atom stereocenters. The number of hydrogen-bond donors (Lipinski definition) is 0. The highest BCUT2D eigenvalue weighted by Gasteiger charge is 2.70. The van der Waals surface area contributed by atoms with Crippen molar-refractivity contribution in [2.45, 2.75) is 92.4 Å². The van der Waals surface area contributed by atoms with Crippen molar-refractivity contribution in [2.75, 3.05) is 0 Å². The van der Waals surface area contributed by atoms with Gasteiger partial charge in [0.15, 0.2) is 5.78 Å². The lowest BCUT2D eigenvalue weighted by Gasteiger charge is -2.71. The van der Waals surface area contributed by atoms with Gasteiger partial charge >= 0.3 is 0 Å². The number of nitrogens with zero attached hydrogens (tertiary/aromatic N) is 1. The normalized spacial score (nSPS) is 51.4. The van der Waals surface area contributed by atoms with Gasteiger partial charge in [-0.1, -0.05) is 47.1 Å². The highest BCUT2D eigenvalue weighted by Crippen LogP contribution is 2.76. The van der Waals surface area contributed by atoms with Crippen LogP contribution in [0.15, 0.2) is 11.6 Å². The van der Waals surface area contributed by atoms with Crippen molar-refractivity contribution in [1.82, 2.24) is 0 Å². The van der Waals surface area contributed by atoms with Gasteiger partial charge in [0, 0.05) is 10.8 Å². The lowest BCUT2D eigenvalue weighted by molar-refractivity contribution is -0.213. The third-order valence-electron chi connectivity index (χ3n) is 12.2. The van der Waals surface area contributed by atoms with Gasteiger partial charge in [-0.2, -0.15) is 5.26 Å². The molecule has 0 spiro atoms. The first-order valence-corrected chi connectivity index (χ1v) is 13.1. The molecule has 5 aliphatic carbocycles. The minimum atomic E-state index is -0.494. The molecule has 0 aliphatic heterocycles. The fraction of sp³-hybridized carbons (Fsp3) is 0.821. The van der Waals surface area contributed by atoms with Gasteiger partial charge in [-0.15, -0.1) is 0 Å². The number of hydrogen-bond acceptors (Lipinski definition) is 3. The molecule has 174 valence electrons. The van der Waals surface area contributed by atoms with Crippen LogP contribution in [0.5, 0.6) is 0 Å². The van der Waals surface area contributed by atoms with Crippen molar-refractivity contribution in [2.24, 2.45) is 50.7 Å². The summed E-state index contributed by atoms with van der Waals surface area (Å²) in [5, 5.41) is 9.71. The molecule has 0 aromatic heterocycles. The maximum Gasteiger partial charge on any atom is 0.228 e. The topological polar surface area (TPSA) is 57.9 Å². The Morgan fingerprint density at radius 3 is 2.31 bits per heavy atom. The maximum atomic E-state index is 13.1. The van der Waals surface area contributed by atoms with Gasteiger partial charge < -0.3 is 0 Å². The Hall–Kier alpha value is -1.14. The zero-order valence-electron chi connectivity index (χ0n) is 20.4. The molecule has 0 aromatic carbocycles. The number of nitriles is 1. The van der Waals surface area contributed by atoms with Crippen molar-refractivity contribution < 1.29 is 9.59 Å². The van der Waals surface area contributed by atoms with Crippen LogP contribution in [-0.2, 0) is 9.59 Å². The van der Waals surface area contributed by atoms with Gasteiger partial charge in [0.25, 0.3) is 0 Å². The van der Waals surface area contributed by atoms with E-state index in [4.69, 9.17) is 11.6 Å². The van der Waals surface area contributed by atoms with Gasteiger partial charge in [-0.05, 0) is 103 Å². The number of Topliss-reactive ketones (excluding diaryl/α,β-unsaturated/α-hetero) is 1. The lowest BCUT2D eigenvalue weighted by Crippen LogP contribution is -2.65. The summed E-state index contributed by atoms with van der Waals surface area (Å²) in [6.07, 6.45) is 11.7. The summed E-state index contributed by atoms with van der Waals surface area (Å²) < 4.78 is 0. The lowest BCUT2D eigenvalue weighted by atomic mass is 9.33. The molecule has 4 fully saturated rings. The Balaban J connectivity index is 1.60. The SMILES string of the molecule is CC1(C)C(=O)C(C#N)=CC2(C)C1CCC1(C)C2CCC2C3CCCC3(C(=O)Cl)CC[C@]21C. The summed E-state index contributed by atoms with van der Waals surface area (Å²) >= 11 is 6.28. The number of ketones is 1.